The highest BCUT2D eigenvalue weighted by atomic mass is 79.9. The summed E-state index contributed by atoms with van der Waals surface area (Å²) in [4.78, 5) is 4.99. The van der Waals surface area contributed by atoms with Gasteiger partial charge in [-0.3, -0.25) is 9.80 Å². The molecule has 0 aromatic heterocycles. The highest BCUT2D eigenvalue weighted by molar-refractivity contribution is 9.10. The number of hydrogen-bond donors (Lipinski definition) is 1. The van der Waals surface area contributed by atoms with Crippen LogP contribution in [0, 0.1) is 0 Å². The summed E-state index contributed by atoms with van der Waals surface area (Å²) in [5.41, 5.74) is 7.26. The van der Waals surface area contributed by atoms with E-state index in [4.69, 9.17) is 17.3 Å². The molecule has 1 unspecified atom stereocenters. The zero-order chi connectivity index (χ0) is 14.7. The Morgan fingerprint density at radius 1 is 1.20 bits per heavy atom. The molecule has 3 nitrogen and oxygen atoms in total. The molecule has 0 aliphatic carbocycles. The normalized spacial score (nSPS) is 19.5. The maximum atomic E-state index is 6.03. The zero-order valence-corrected chi connectivity index (χ0v) is 14.5. The zero-order valence-electron chi connectivity index (χ0n) is 12.1. The highest BCUT2D eigenvalue weighted by Gasteiger charge is 2.26. The predicted octanol–water partition coefficient (Wildman–Crippen LogP) is 3.13. The van der Waals surface area contributed by atoms with Crippen LogP contribution in [0.25, 0.3) is 0 Å². The van der Waals surface area contributed by atoms with Gasteiger partial charge in [-0.1, -0.05) is 33.6 Å². The van der Waals surface area contributed by atoms with Crippen molar-refractivity contribution in [3.63, 3.8) is 0 Å². The van der Waals surface area contributed by atoms with E-state index < -0.39 is 0 Å². The van der Waals surface area contributed by atoms with Gasteiger partial charge < -0.3 is 5.73 Å². The molecule has 0 spiro atoms. The molecule has 1 fully saturated rings. The number of hydrogen-bond acceptors (Lipinski definition) is 3. The van der Waals surface area contributed by atoms with Gasteiger partial charge in [0, 0.05) is 54.3 Å². The lowest BCUT2D eigenvalue weighted by molar-refractivity contribution is 0.0800. The summed E-state index contributed by atoms with van der Waals surface area (Å²) in [6.45, 7) is 9.49. The summed E-state index contributed by atoms with van der Waals surface area (Å²) in [6.07, 6.45) is 0. The number of nitrogens with two attached hydrogens (primary N) is 1. The number of piperazine rings is 1. The second kappa shape index (κ2) is 7.23. The Morgan fingerprint density at radius 2 is 1.80 bits per heavy atom. The van der Waals surface area contributed by atoms with E-state index in [0.717, 1.165) is 35.7 Å². The van der Waals surface area contributed by atoms with E-state index in [1.807, 2.05) is 12.1 Å². The van der Waals surface area contributed by atoms with E-state index in [1.54, 1.807) is 0 Å². The first-order valence-electron chi connectivity index (χ1n) is 7.16. The van der Waals surface area contributed by atoms with E-state index >= 15 is 0 Å². The third kappa shape index (κ3) is 3.74. The Balaban J connectivity index is 2.09. The molecule has 0 bridgehead atoms. The first-order valence-corrected chi connectivity index (χ1v) is 8.33. The van der Waals surface area contributed by atoms with Crippen LogP contribution in [0.5, 0.6) is 0 Å². The third-order valence-electron chi connectivity index (χ3n) is 4.06. The standard InChI is InChI=1S/C15H23BrClN3/c1-11(2)19-5-7-20(8-6-19)15(10-18)13-4-3-12(17)9-14(13)16/h3-4,9,11,15H,5-8,10,18H2,1-2H3. The monoisotopic (exact) mass is 359 g/mol. The average Bonchev–Trinajstić information content (AvgIpc) is 2.42. The molecule has 1 aromatic rings. The van der Waals surface area contributed by atoms with Gasteiger partial charge in [0.05, 0.1) is 0 Å². The van der Waals surface area contributed by atoms with Gasteiger partial charge in [-0.2, -0.15) is 0 Å². The van der Waals surface area contributed by atoms with Gasteiger partial charge in [0.2, 0.25) is 0 Å². The quantitative estimate of drug-likeness (QED) is 0.895. The van der Waals surface area contributed by atoms with Crippen LogP contribution in [0.2, 0.25) is 5.02 Å². The smallest absolute Gasteiger partial charge is 0.0482 e. The first-order chi connectivity index (χ1) is 9.52. The van der Waals surface area contributed by atoms with Crippen molar-refractivity contribution in [1.29, 1.82) is 0 Å². The summed E-state index contributed by atoms with van der Waals surface area (Å²) >= 11 is 9.64. The molecule has 0 radical (unpaired) electrons. The molecule has 1 saturated heterocycles. The number of nitrogens with zero attached hydrogens (tertiary/aromatic N) is 2. The van der Waals surface area contributed by atoms with Gasteiger partial charge in [0.15, 0.2) is 0 Å². The summed E-state index contributed by atoms with van der Waals surface area (Å²) in [6, 6.07) is 6.85. The number of halogens is 2. The lowest BCUT2D eigenvalue weighted by Crippen LogP contribution is -2.50. The fourth-order valence-electron chi connectivity index (χ4n) is 2.81. The second-order valence-electron chi connectivity index (χ2n) is 5.58. The van der Waals surface area contributed by atoms with Crippen molar-refractivity contribution in [2.45, 2.75) is 25.9 Å². The summed E-state index contributed by atoms with van der Waals surface area (Å²) in [7, 11) is 0. The molecule has 5 heteroatoms. The molecule has 1 aliphatic heterocycles. The van der Waals surface area contributed by atoms with Crippen LogP contribution in [0.15, 0.2) is 22.7 Å². The summed E-state index contributed by atoms with van der Waals surface area (Å²) < 4.78 is 1.05. The molecule has 0 saturated carbocycles. The molecule has 1 heterocycles. The van der Waals surface area contributed by atoms with Gasteiger partial charge in [-0.15, -0.1) is 0 Å². The lowest BCUT2D eigenvalue weighted by Gasteiger charge is -2.40. The molecule has 2 rings (SSSR count). The molecule has 2 N–H and O–H groups in total. The van der Waals surface area contributed by atoms with Crippen LogP contribution in [0.3, 0.4) is 0 Å². The SMILES string of the molecule is CC(C)N1CCN(C(CN)c2ccc(Cl)cc2Br)CC1. The van der Waals surface area contributed by atoms with Gasteiger partial charge in [0.1, 0.15) is 0 Å². The van der Waals surface area contributed by atoms with E-state index in [9.17, 15) is 0 Å². The topological polar surface area (TPSA) is 32.5 Å². The minimum Gasteiger partial charge on any atom is -0.329 e. The van der Waals surface area contributed by atoms with Crippen LogP contribution >= 0.6 is 27.5 Å². The first kappa shape index (κ1) is 16.2. The maximum absolute atomic E-state index is 6.03. The Hall–Kier alpha value is -0.130. The van der Waals surface area contributed by atoms with E-state index in [2.05, 4.69) is 45.6 Å². The van der Waals surface area contributed by atoms with Gasteiger partial charge in [0.25, 0.3) is 0 Å². The summed E-state index contributed by atoms with van der Waals surface area (Å²) in [5, 5.41) is 0.751. The minimum absolute atomic E-state index is 0.260. The maximum Gasteiger partial charge on any atom is 0.0482 e. The van der Waals surface area contributed by atoms with Crippen LogP contribution in [-0.2, 0) is 0 Å². The number of benzene rings is 1. The molecular weight excluding hydrogens is 338 g/mol. The largest absolute Gasteiger partial charge is 0.329 e. The molecule has 112 valence electrons. The molecule has 1 atom stereocenters. The fourth-order valence-corrected chi connectivity index (χ4v) is 3.76. The van der Waals surface area contributed by atoms with Gasteiger partial charge in [-0.25, -0.2) is 0 Å². The molecule has 0 amide bonds. The predicted molar refractivity (Wildman–Crippen MR) is 89.2 cm³/mol. The Morgan fingerprint density at radius 3 is 2.30 bits per heavy atom. The van der Waals surface area contributed by atoms with Crippen molar-refractivity contribution in [2.75, 3.05) is 32.7 Å². The second-order valence-corrected chi connectivity index (χ2v) is 6.87. The van der Waals surface area contributed by atoms with E-state index in [0.29, 0.717) is 12.6 Å². The van der Waals surface area contributed by atoms with Crippen LogP contribution < -0.4 is 5.73 Å². The Bertz CT molecular complexity index is 445. The third-order valence-corrected chi connectivity index (χ3v) is 4.99. The lowest BCUT2D eigenvalue weighted by atomic mass is 10.0. The van der Waals surface area contributed by atoms with Gasteiger partial charge in [-0.05, 0) is 31.5 Å². The minimum atomic E-state index is 0.260. The van der Waals surface area contributed by atoms with Crippen molar-refractivity contribution >= 4 is 27.5 Å². The summed E-state index contributed by atoms with van der Waals surface area (Å²) in [5.74, 6) is 0. The van der Waals surface area contributed by atoms with Crippen LogP contribution in [0.4, 0.5) is 0 Å². The van der Waals surface area contributed by atoms with Crippen molar-refractivity contribution in [3.05, 3.63) is 33.3 Å². The molecule has 20 heavy (non-hydrogen) atoms. The van der Waals surface area contributed by atoms with Crippen molar-refractivity contribution in [1.82, 2.24) is 9.80 Å². The van der Waals surface area contributed by atoms with Crippen LogP contribution in [-0.4, -0.2) is 48.6 Å². The van der Waals surface area contributed by atoms with Crippen molar-refractivity contribution in [2.24, 2.45) is 5.73 Å². The van der Waals surface area contributed by atoms with Crippen molar-refractivity contribution in [3.8, 4) is 0 Å². The van der Waals surface area contributed by atoms with Gasteiger partial charge >= 0.3 is 0 Å². The Labute approximate surface area is 135 Å². The van der Waals surface area contributed by atoms with E-state index in [1.165, 1.54) is 5.56 Å². The average molecular weight is 361 g/mol. The van der Waals surface area contributed by atoms with Crippen LogP contribution in [0.1, 0.15) is 25.5 Å². The van der Waals surface area contributed by atoms with E-state index in [-0.39, 0.29) is 6.04 Å². The fraction of sp³-hybridized carbons (Fsp3) is 0.600. The Kier molecular flexibility index (Phi) is 5.87. The highest BCUT2D eigenvalue weighted by Crippen LogP contribution is 2.30. The molecule has 1 aliphatic rings. The number of rotatable bonds is 4. The van der Waals surface area contributed by atoms with Crippen molar-refractivity contribution < 1.29 is 0 Å². The molecule has 1 aromatic carbocycles. The molecular formula is C15H23BrClN3.